The molecule has 1 saturated heterocycles. The molecule has 3 aromatic rings. The van der Waals surface area contributed by atoms with Crippen LogP contribution in [0.2, 0.25) is 0 Å². The van der Waals surface area contributed by atoms with Crippen molar-refractivity contribution >= 4 is 28.5 Å². The van der Waals surface area contributed by atoms with Crippen molar-refractivity contribution in [3.8, 4) is 0 Å². The Bertz CT molecular complexity index is 1150. The number of benzene rings is 3. The van der Waals surface area contributed by atoms with Gasteiger partial charge in [0.2, 0.25) is 5.91 Å². The number of hydrogen-bond donors (Lipinski definition) is 2. The molecule has 4 rings (SSSR count). The van der Waals surface area contributed by atoms with Crippen molar-refractivity contribution in [2.45, 2.75) is 18.9 Å². The van der Waals surface area contributed by atoms with E-state index in [-0.39, 0.29) is 30.8 Å². The number of amides is 3. The third kappa shape index (κ3) is 4.77. The first kappa shape index (κ1) is 21.5. The SMILES string of the molecule is O=C(NCCNC(=O)[C@@H]1CCCN1C(=O)c1ccc2ccccc2c1)c1ccc(F)cc1. The number of halogens is 1. The normalized spacial score (nSPS) is 15.5. The van der Waals surface area contributed by atoms with Crippen LogP contribution in [0.15, 0.2) is 66.7 Å². The second kappa shape index (κ2) is 9.60. The van der Waals surface area contributed by atoms with Gasteiger partial charge in [0, 0.05) is 30.8 Å². The molecule has 7 heteroatoms. The molecular formula is C25H24FN3O3. The van der Waals surface area contributed by atoms with E-state index in [0.717, 1.165) is 17.2 Å². The quantitative estimate of drug-likeness (QED) is 0.587. The summed E-state index contributed by atoms with van der Waals surface area (Å²) in [6.45, 7) is 0.999. The maximum atomic E-state index is 13.1. The Morgan fingerprint density at radius 3 is 2.34 bits per heavy atom. The Kier molecular flexibility index (Phi) is 6.44. The fraction of sp³-hybridized carbons (Fsp3) is 0.240. The molecule has 1 atom stereocenters. The lowest BCUT2D eigenvalue weighted by Crippen LogP contribution is -2.47. The number of nitrogens with zero attached hydrogens (tertiary/aromatic N) is 1. The first-order valence-electron chi connectivity index (χ1n) is 10.6. The minimum atomic E-state index is -0.526. The topological polar surface area (TPSA) is 78.5 Å². The summed E-state index contributed by atoms with van der Waals surface area (Å²) in [4.78, 5) is 39.4. The van der Waals surface area contributed by atoms with Gasteiger partial charge in [-0.1, -0.05) is 30.3 Å². The number of hydrogen-bond acceptors (Lipinski definition) is 3. The highest BCUT2D eigenvalue weighted by Crippen LogP contribution is 2.22. The predicted molar refractivity (Wildman–Crippen MR) is 120 cm³/mol. The van der Waals surface area contributed by atoms with Crippen molar-refractivity contribution in [1.82, 2.24) is 15.5 Å². The summed E-state index contributed by atoms with van der Waals surface area (Å²) in [6, 6.07) is 18.1. The van der Waals surface area contributed by atoms with Crippen molar-refractivity contribution in [3.63, 3.8) is 0 Å². The van der Waals surface area contributed by atoms with Crippen molar-refractivity contribution in [3.05, 3.63) is 83.7 Å². The fourth-order valence-electron chi connectivity index (χ4n) is 3.95. The van der Waals surface area contributed by atoms with Crippen LogP contribution >= 0.6 is 0 Å². The molecule has 1 heterocycles. The van der Waals surface area contributed by atoms with E-state index in [1.54, 1.807) is 11.0 Å². The molecule has 0 spiro atoms. The van der Waals surface area contributed by atoms with Gasteiger partial charge in [0.1, 0.15) is 11.9 Å². The maximum absolute atomic E-state index is 13.1. The number of nitrogens with one attached hydrogen (secondary N) is 2. The van der Waals surface area contributed by atoms with Gasteiger partial charge in [-0.3, -0.25) is 14.4 Å². The zero-order chi connectivity index (χ0) is 22.5. The van der Waals surface area contributed by atoms with Crippen molar-refractivity contribution in [2.75, 3.05) is 19.6 Å². The fourth-order valence-corrected chi connectivity index (χ4v) is 3.95. The minimum Gasteiger partial charge on any atom is -0.353 e. The number of carbonyl (C=O) groups excluding carboxylic acids is 3. The number of rotatable bonds is 6. The summed E-state index contributed by atoms with van der Waals surface area (Å²) in [5.41, 5.74) is 0.913. The molecule has 0 saturated carbocycles. The highest BCUT2D eigenvalue weighted by molar-refractivity contribution is 6.01. The van der Waals surface area contributed by atoms with Gasteiger partial charge in [0.05, 0.1) is 0 Å². The molecule has 0 aliphatic carbocycles. The van der Waals surface area contributed by atoms with Crippen molar-refractivity contribution < 1.29 is 18.8 Å². The van der Waals surface area contributed by atoms with Gasteiger partial charge in [-0.25, -0.2) is 4.39 Å². The Morgan fingerprint density at radius 2 is 1.56 bits per heavy atom. The second-order valence-corrected chi connectivity index (χ2v) is 7.77. The van der Waals surface area contributed by atoms with Gasteiger partial charge >= 0.3 is 0 Å². The Balaban J connectivity index is 1.31. The smallest absolute Gasteiger partial charge is 0.254 e. The summed E-state index contributed by atoms with van der Waals surface area (Å²) in [5.74, 6) is -1.13. The van der Waals surface area contributed by atoms with Crippen molar-refractivity contribution in [1.29, 1.82) is 0 Å². The molecule has 32 heavy (non-hydrogen) atoms. The first-order valence-corrected chi connectivity index (χ1v) is 10.6. The molecule has 2 N–H and O–H groups in total. The minimum absolute atomic E-state index is 0.155. The molecule has 3 amide bonds. The molecular weight excluding hydrogens is 409 g/mol. The van der Waals surface area contributed by atoms with Crippen LogP contribution < -0.4 is 10.6 Å². The maximum Gasteiger partial charge on any atom is 0.254 e. The van der Waals surface area contributed by atoms with E-state index in [1.165, 1.54) is 24.3 Å². The highest BCUT2D eigenvalue weighted by Gasteiger charge is 2.34. The molecule has 0 aromatic heterocycles. The molecule has 1 fully saturated rings. The molecule has 164 valence electrons. The lowest BCUT2D eigenvalue weighted by atomic mass is 10.1. The van der Waals surface area contributed by atoms with E-state index in [2.05, 4.69) is 10.6 Å². The Morgan fingerprint density at radius 1 is 0.875 bits per heavy atom. The van der Waals surface area contributed by atoms with Crippen LogP contribution in [-0.4, -0.2) is 48.3 Å². The lowest BCUT2D eigenvalue weighted by Gasteiger charge is -2.24. The van der Waals surface area contributed by atoms with Crippen molar-refractivity contribution in [2.24, 2.45) is 0 Å². The molecule has 1 aliphatic heterocycles. The zero-order valence-electron chi connectivity index (χ0n) is 17.5. The molecule has 6 nitrogen and oxygen atoms in total. The Hall–Kier alpha value is -3.74. The molecule has 0 bridgehead atoms. The van der Waals surface area contributed by atoms with Crippen LogP contribution in [0.25, 0.3) is 10.8 Å². The van der Waals surface area contributed by atoms with Gasteiger partial charge in [-0.2, -0.15) is 0 Å². The zero-order valence-corrected chi connectivity index (χ0v) is 17.5. The van der Waals surface area contributed by atoms with Crippen LogP contribution in [-0.2, 0) is 4.79 Å². The molecule has 3 aromatic carbocycles. The van der Waals surface area contributed by atoms with Crippen LogP contribution in [0.5, 0.6) is 0 Å². The van der Waals surface area contributed by atoms with Gasteiger partial charge in [-0.15, -0.1) is 0 Å². The van der Waals surface area contributed by atoms with Gasteiger partial charge < -0.3 is 15.5 Å². The Labute approximate surface area is 185 Å². The molecule has 0 radical (unpaired) electrons. The molecule has 0 unspecified atom stereocenters. The van der Waals surface area contributed by atoms with E-state index in [1.807, 2.05) is 36.4 Å². The second-order valence-electron chi connectivity index (χ2n) is 7.77. The van der Waals surface area contributed by atoms with Gasteiger partial charge in [0.15, 0.2) is 0 Å². The third-order valence-electron chi connectivity index (χ3n) is 5.63. The van der Waals surface area contributed by atoms with Crippen LogP contribution in [0.3, 0.4) is 0 Å². The number of fused-ring (bicyclic) bond motifs is 1. The lowest BCUT2D eigenvalue weighted by molar-refractivity contribution is -0.124. The first-order chi connectivity index (χ1) is 15.5. The monoisotopic (exact) mass is 433 g/mol. The third-order valence-corrected chi connectivity index (χ3v) is 5.63. The van der Waals surface area contributed by atoms with E-state index in [0.29, 0.717) is 24.1 Å². The van der Waals surface area contributed by atoms with Crippen LogP contribution in [0.1, 0.15) is 33.6 Å². The number of likely N-dealkylation sites (tertiary alicyclic amines) is 1. The van der Waals surface area contributed by atoms with Gasteiger partial charge in [0.25, 0.3) is 11.8 Å². The summed E-state index contributed by atoms with van der Waals surface area (Å²) >= 11 is 0. The average molecular weight is 433 g/mol. The summed E-state index contributed by atoms with van der Waals surface area (Å²) in [5, 5.41) is 7.52. The van der Waals surface area contributed by atoms with Crippen LogP contribution in [0.4, 0.5) is 4.39 Å². The average Bonchev–Trinajstić information content (AvgIpc) is 3.31. The largest absolute Gasteiger partial charge is 0.353 e. The molecule has 1 aliphatic rings. The highest BCUT2D eigenvalue weighted by atomic mass is 19.1. The van der Waals surface area contributed by atoms with E-state index in [4.69, 9.17) is 0 Å². The predicted octanol–water partition coefficient (Wildman–Crippen LogP) is 3.13. The summed E-state index contributed by atoms with van der Waals surface area (Å²) in [7, 11) is 0. The standard InChI is InChI=1S/C25H24FN3O3/c26-21-11-9-18(10-12-21)23(30)27-13-14-28-24(31)22-6-3-15-29(22)25(32)20-8-7-17-4-1-2-5-19(17)16-20/h1-2,4-5,7-12,16,22H,3,6,13-15H2,(H,27,30)(H,28,31)/t22-/m0/s1. The van der Waals surface area contributed by atoms with Crippen LogP contribution in [0, 0.1) is 5.82 Å². The van der Waals surface area contributed by atoms with E-state index in [9.17, 15) is 18.8 Å². The summed E-state index contributed by atoms with van der Waals surface area (Å²) < 4.78 is 13.0. The summed E-state index contributed by atoms with van der Waals surface area (Å²) in [6.07, 6.45) is 1.37. The van der Waals surface area contributed by atoms with E-state index < -0.39 is 11.9 Å². The number of carbonyl (C=O) groups is 3. The van der Waals surface area contributed by atoms with E-state index >= 15 is 0 Å². The van der Waals surface area contributed by atoms with Gasteiger partial charge in [-0.05, 0) is 60.0 Å².